The maximum absolute atomic E-state index is 13.3. The lowest BCUT2D eigenvalue weighted by atomic mass is 9.73. The number of piperidine rings is 2. The predicted molar refractivity (Wildman–Crippen MR) is 129 cm³/mol. The highest BCUT2D eigenvalue weighted by molar-refractivity contribution is 5.92. The van der Waals surface area contributed by atoms with Gasteiger partial charge in [0.15, 0.2) is 5.69 Å². The van der Waals surface area contributed by atoms with Crippen LogP contribution in [0.25, 0.3) is 0 Å². The van der Waals surface area contributed by atoms with Crippen LogP contribution < -0.4 is 0 Å². The lowest BCUT2D eigenvalue weighted by Crippen LogP contribution is -2.53. The van der Waals surface area contributed by atoms with Crippen LogP contribution in [-0.2, 0) is 19.5 Å². The summed E-state index contributed by atoms with van der Waals surface area (Å²) in [6, 6.07) is 21.1. The molecule has 172 valence electrons. The van der Waals surface area contributed by atoms with Crippen molar-refractivity contribution in [3.05, 3.63) is 83.7 Å². The van der Waals surface area contributed by atoms with Gasteiger partial charge >= 0.3 is 0 Å². The highest BCUT2D eigenvalue weighted by Crippen LogP contribution is 2.39. The third-order valence-electron chi connectivity index (χ3n) is 7.17. The van der Waals surface area contributed by atoms with E-state index in [1.807, 2.05) is 29.3 Å². The summed E-state index contributed by atoms with van der Waals surface area (Å²) < 4.78 is 1.79. The molecule has 2 aliphatic rings. The quantitative estimate of drug-likeness (QED) is 0.577. The molecule has 2 aromatic carbocycles. The minimum absolute atomic E-state index is 0.0280. The van der Waals surface area contributed by atoms with E-state index in [0.29, 0.717) is 5.69 Å². The maximum atomic E-state index is 13.3. The van der Waals surface area contributed by atoms with E-state index >= 15 is 0 Å². The molecule has 1 spiro atoms. The number of hydrogen-bond donors (Lipinski definition) is 0. The Bertz CT molecular complexity index is 1050. The topological polar surface area (TPSA) is 54.3 Å². The van der Waals surface area contributed by atoms with Gasteiger partial charge in [-0.1, -0.05) is 65.9 Å². The van der Waals surface area contributed by atoms with Crippen LogP contribution in [0.5, 0.6) is 0 Å². The van der Waals surface area contributed by atoms with Crippen molar-refractivity contribution in [2.75, 3.05) is 26.2 Å². The number of aryl methyl sites for hydroxylation is 2. The van der Waals surface area contributed by atoms with Crippen LogP contribution in [0, 0.1) is 5.41 Å². The Balaban J connectivity index is 1.20. The number of hydrogen-bond acceptors (Lipinski definition) is 4. The van der Waals surface area contributed by atoms with Crippen LogP contribution in [0.15, 0.2) is 66.9 Å². The number of nitrogens with zero attached hydrogens (tertiary/aromatic N) is 5. The molecule has 6 nitrogen and oxygen atoms in total. The third-order valence-corrected chi connectivity index (χ3v) is 7.17. The molecule has 1 atom stereocenters. The first-order chi connectivity index (χ1) is 16.2. The van der Waals surface area contributed by atoms with Crippen molar-refractivity contribution in [3.8, 4) is 0 Å². The number of carbonyl (C=O) groups is 1. The molecule has 1 aromatic heterocycles. The van der Waals surface area contributed by atoms with E-state index in [9.17, 15) is 4.79 Å². The molecule has 0 N–H and O–H groups in total. The van der Waals surface area contributed by atoms with Gasteiger partial charge in [-0.3, -0.25) is 14.4 Å². The Morgan fingerprint density at radius 3 is 2.33 bits per heavy atom. The van der Waals surface area contributed by atoms with Crippen molar-refractivity contribution < 1.29 is 4.79 Å². The fourth-order valence-corrected chi connectivity index (χ4v) is 5.56. The van der Waals surface area contributed by atoms with Gasteiger partial charge < -0.3 is 4.90 Å². The first-order valence-corrected chi connectivity index (χ1v) is 12.2. The first-order valence-electron chi connectivity index (χ1n) is 12.2. The summed E-state index contributed by atoms with van der Waals surface area (Å²) in [5.41, 5.74) is 3.29. The molecular formula is C27H33N5O. The monoisotopic (exact) mass is 443 g/mol. The number of aromatic nitrogens is 3. The summed E-state index contributed by atoms with van der Waals surface area (Å²) in [5, 5.41) is 8.44. The van der Waals surface area contributed by atoms with Gasteiger partial charge in [0.05, 0.1) is 6.20 Å². The van der Waals surface area contributed by atoms with Gasteiger partial charge in [0.25, 0.3) is 5.91 Å². The Labute approximate surface area is 196 Å². The molecular weight excluding hydrogens is 410 g/mol. The smallest absolute Gasteiger partial charge is 0.276 e. The van der Waals surface area contributed by atoms with Gasteiger partial charge in [0.2, 0.25) is 0 Å². The molecule has 5 rings (SSSR count). The van der Waals surface area contributed by atoms with E-state index in [-0.39, 0.29) is 11.3 Å². The van der Waals surface area contributed by atoms with Crippen LogP contribution >= 0.6 is 0 Å². The van der Waals surface area contributed by atoms with Gasteiger partial charge in [-0.25, -0.2) is 0 Å². The Morgan fingerprint density at radius 2 is 1.58 bits per heavy atom. The first kappa shape index (κ1) is 21.8. The summed E-state index contributed by atoms with van der Waals surface area (Å²) in [4.78, 5) is 17.9. The zero-order valence-electron chi connectivity index (χ0n) is 19.3. The van der Waals surface area contributed by atoms with Crippen molar-refractivity contribution in [2.45, 2.75) is 45.2 Å². The molecule has 2 saturated heterocycles. The van der Waals surface area contributed by atoms with Gasteiger partial charge in [-0.05, 0) is 49.8 Å². The fourth-order valence-electron chi connectivity index (χ4n) is 5.56. The Kier molecular flexibility index (Phi) is 6.53. The summed E-state index contributed by atoms with van der Waals surface area (Å²) in [6.07, 6.45) is 7.35. The van der Waals surface area contributed by atoms with Crippen molar-refractivity contribution in [1.82, 2.24) is 24.8 Å². The van der Waals surface area contributed by atoms with Crippen molar-refractivity contribution in [2.24, 2.45) is 5.41 Å². The standard InChI is InChI=1S/C27H33N5O/c33-26(25-20-32(29-28-25)18-13-23-9-3-1-4-10-23)31-17-8-15-27(22-31)14-7-16-30(21-27)19-24-11-5-2-6-12-24/h1-6,9-12,20H,7-8,13-19,21-22H2. The molecule has 2 fully saturated rings. The third kappa shape index (κ3) is 5.33. The average Bonchev–Trinajstić information content (AvgIpc) is 3.33. The largest absolute Gasteiger partial charge is 0.337 e. The second-order valence-electron chi connectivity index (χ2n) is 9.73. The number of carbonyl (C=O) groups excluding carboxylic acids is 1. The zero-order valence-corrected chi connectivity index (χ0v) is 19.3. The summed E-state index contributed by atoms with van der Waals surface area (Å²) in [6.45, 7) is 5.56. The lowest BCUT2D eigenvalue weighted by Gasteiger charge is -2.48. The van der Waals surface area contributed by atoms with Crippen molar-refractivity contribution in [1.29, 1.82) is 0 Å². The Morgan fingerprint density at radius 1 is 0.879 bits per heavy atom. The van der Waals surface area contributed by atoms with Crippen LogP contribution in [0.3, 0.4) is 0 Å². The van der Waals surface area contributed by atoms with E-state index in [0.717, 1.165) is 52.1 Å². The van der Waals surface area contributed by atoms with Gasteiger partial charge in [0, 0.05) is 38.1 Å². The van der Waals surface area contributed by atoms with E-state index in [2.05, 4.69) is 57.7 Å². The van der Waals surface area contributed by atoms with Crippen LogP contribution in [-0.4, -0.2) is 56.9 Å². The molecule has 3 aromatic rings. The summed E-state index contributed by atoms with van der Waals surface area (Å²) in [5.74, 6) is 0.0280. The highest BCUT2D eigenvalue weighted by Gasteiger charge is 2.40. The molecule has 0 bridgehead atoms. The number of likely N-dealkylation sites (tertiary alicyclic amines) is 2. The highest BCUT2D eigenvalue weighted by atomic mass is 16.2. The second-order valence-corrected chi connectivity index (χ2v) is 9.73. The average molecular weight is 444 g/mol. The zero-order chi connectivity index (χ0) is 22.5. The number of amides is 1. The summed E-state index contributed by atoms with van der Waals surface area (Å²) in [7, 11) is 0. The molecule has 1 unspecified atom stereocenters. The summed E-state index contributed by atoms with van der Waals surface area (Å²) >= 11 is 0. The fraction of sp³-hybridized carbons (Fsp3) is 0.444. The van der Waals surface area contributed by atoms with E-state index < -0.39 is 0 Å². The SMILES string of the molecule is O=C(c1cn(CCc2ccccc2)nn1)N1CCCC2(CCCN(Cc3ccccc3)C2)C1. The van der Waals surface area contributed by atoms with E-state index in [4.69, 9.17) is 0 Å². The molecule has 0 saturated carbocycles. The maximum Gasteiger partial charge on any atom is 0.276 e. The van der Waals surface area contributed by atoms with Crippen LogP contribution in [0.2, 0.25) is 0 Å². The van der Waals surface area contributed by atoms with Gasteiger partial charge in [-0.15, -0.1) is 5.10 Å². The molecule has 0 aliphatic carbocycles. The molecule has 0 radical (unpaired) electrons. The predicted octanol–water partition coefficient (Wildman–Crippen LogP) is 4.04. The molecule has 33 heavy (non-hydrogen) atoms. The van der Waals surface area contributed by atoms with Crippen molar-refractivity contribution in [3.63, 3.8) is 0 Å². The second kappa shape index (κ2) is 9.87. The Hall–Kier alpha value is -2.99. The molecule has 2 aliphatic heterocycles. The van der Waals surface area contributed by atoms with Crippen LogP contribution in [0.4, 0.5) is 0 Å². The normalized spacial score (nSPS) is 21.4. The minimum Gasteiger partial charge on any atom is -0.337 e. The van der Waals surface area contributed by atoms with Crippen LogP contribution in [0.1, 0.15) is 47.3 Å². The van der Waals surface area contributed by atoms with E-state index in [1.165, 1.54) is 30.4 Å². The lowest BCUT2D eigenvalue weighted by molar-refractivity contribution is 0.0111. The number of rotatable bonds is 6. The molecule has 1 amide bonds. The van der Waals surface area contributed by atoms with E-state index in [1.54, 1.807) is 4.68 Å². The van der Waals surface area contributed by atoms with Crippen molar-refractivity contribution >= 4 is 5.91 Å². The number of benzene rings is 2. The molecule has 3 heterocycles. The minimum atomic E-state index is 0.0280. The molecule has 6 heteroatoms. The van der Waals surface area contributed by atoms with Gasteiger partial charge in [0.1, 0.15) is 0 Å². The van der Waals surface area contributed by atoms with Gasteiger partial charge in [-0.2, -0.15) is 0 Å².